The van der Waals surface area contributed by atoms with Crippen LogP contribution in [0.25, 0.3) is 0 Å². The Bertz CT molecular complexity index is 26.5. The highest BCUT2D eigenvalue weighted by Gasteiger charge is 2.00. The van der Waals surface area contributed by atoms with Gasteiger partial charge in [-0.05, 0) is 6.92 Å². The highest BCUT2D eigenvalue weighted by Crippen LogP contribution is 2.20. The van der Waals surface area contributed by atoms with Gasteiger partial charge in [-0.15, -0.1) is 0 Å². The Hall–Kier alpha value is 1.46. The van der Waals surface area contributed by atoms with Crippen molar-refractivity contribution in [2.75, 3.05) is 0 Å². The summed E-state index contributed by atoms with van der Waals surface area (Å²) in [5.41, 5.74) is 0. The van der Waals surface area contributed by atoms with Crippen LogP contribution >= 0.6 is 45.2 Å². The van der Waals surface area contributed by atoms with Crippen LogP contribution in [0.3, 0.4) is 0 Å². The topological polar surface area (TPSA) is 0 Å². The SMILES string of the molecule is C[C](I)C(C)I. The fraction of sp³-hybridized carbons (Fsp3) is 0.750. The van der Waals surface area contributed by atoms with Crippen molar-refractivity contribution in [2.24, 2.45) is 0 Å². The molecule has 1 unspecified atom stereocenters. The molecule has 0 N–H and O–H groups in total. The maximum atomic E-state index is 2.39. The Kier molecular flexibility index (Phi) is 4.30. The van der Waals surface area contributed by atoms with Crippen LogP contribution in [0.2, 0.25) is 0 Å². The van der Waals surface area contributed by atoms with Gasteiger partial charge in [-0.3, -0.25) is 0 Å². The molecular formula is C4H7I2. The predicted molar refractivity (Wildman–Crippen MR) is 46.4 cm³/mol. The summed E-state index contributed by atoms with van der Waals surface area (Å²) in [6.07, 6.45) is 0. The molecule has 0 bridgehead atoms. The molecule has 1 atom stereocenters. The molecule has 0 amide bonds. The van der Waals surface area contributed by atoms with E-state index in [0.29, 0.717) is 0 Å². The maximum Gasteiger partial charge on any atom is 0.0461 e. The molecule has 0 aromatic heterocycles. The van der Waals surface area contributed by atoms with E-state index >= 15 is 0 Å². The second kappa shape index (κ2) is 3.46. The normalized spacial score (nSPS) is 15.5. The van der Waals surface area contributed by atoms with Crippen LogP contribution in [0, 0.1) is 3.92 Å². The number of alkyl halides is 1. The first kappa shape index (κ1) is 7.46. The first-order valence-electron chi connectivity index (χ1n) is 1.77. The van der Waals surface area contributed by atoms with Gasteiger partial charge in [0, 0.05) is 7.85 Å². The summed E-state index contributed by atoms with van der Waals surface area (Å²) >= 11 is 4.73. The van der Waals surface area contributed by atoms with Gasteiger partial charge in [-0.2, -0.15) is 0 Å². The Morgan fingerprint density at radius 1 is 1.67 bits per heavy atom. The average molecular weight is 309 g/mol. The molecule has 2 heteroatoms. The summed E-state index contributed by atoms with van der Waals surface area (Å²) in [6, 6.07) is 0. The quantitative estimate of drug-likeness (QED) is 0.516. The zero-order chi connectivity index (χ0) is 5.15. The van der Waals surface area contributed by atoms with Gasteiger partial charge in [0.05, 0.1) is 0 Å². The largest absolute Gasteiger partial charge is 0.0814 e. The van der Waals surface area contributed by atoms with Gasteiger partial charge in [0.1, 0.15) is 0 Å². The lowest BCUT2D eigenvalue weighted by Gasteiger charge is -2.00. The third kappa shape index (κ3) is 3.64. The predicted octanol–water partition coefficient (Wildman–Crippen LogP) is 2.80. The molecule has 0 aromatic carbocycles. The summed E-state index contributed by atoms with van der Waals surface area (Å²) in [4.78, 5) is 0. The van der Waals surface area contributed by atoms with Crippen molar-refractivity contribution in [3.63, 3.8) is 0 Å². The minimum absolute atomic E-state index is 0.725. The van der Waals surface area contributed by atoms with Crippen LogP contribution in [0.5, 0.6) is 0 Å². The zero-order valence-corrected chi connectivity index (χ0v) is 8.15. The highest BCUT2D eigenvalue weighted by atomic mass is 127. The van der Waals surface area contributed by atoms with Gasteiger partial charge < -0.3 is 0 Å². The lowest BCUT2D eigenvalue weighted by atomic mass is 10.4. The molecule has 6 heavy (non-hydrogen) atoms. The molecule has 0 saturated carbocycles. The molecule has 0 aliphatic carbocycles. The Morgan fingerprint density at radius 2 is 1.83 bits per heavy atom. The van der Waals surface area contributed by atoms with Crippen LogP contribution in [-0.4, -0.2) is 3.92 Å². The van der Waals surface area contributed by atoms with Gasteiger partial charge in [0.25, 0.3) is 0 Å². The third-order valence-corrected chi connectivity index (χ3v) is 3.61. The number of hydrogen-bond donors (Lipinski definition) is 0. The molecule has 0 nitrogen and oxygen atoms in total. The van der Waals surface area contributed by atoms with Crippen LogP contribution in [0.15, 0.2) is 0 Å². The fourth-order valence-corrected chi connectivity index (χ4v) is 0. The minimum atomic E-state index is 0.725. The van der Waals surface area contributed by atoms with E-state index in [1.165, 1.54) is 3.92 Å². The van der Waals surface area contributed by atoms with Crippen molar-refractivity contribution in [1.29, 1.82) is 0 Å². The summed E-state index contributed by atoms with van der Waals surface area (Å²) in [5.74, 6) is 0. The minimum Gasteiger partial charge on any atom is -0.0814 e. The van der Waals surface area contributed by atoms with E-state index in [1.54, 1.807) is 0 Å². The van der Waals surface area contributed by atoms with Crippen molar-refractivity contribution in [2.45, 2.75) is 17.8 Å². The first-order chi connectivity index (χ1) is 2.64. The van der Waals surface area contributed by atoms with E-state index in [1.807, 2.05) is 0 Å². The average Bonchev–Trinajstić information content (AvgIpc) is 1.36. The van der Waals surface area contributed by atoms with E-state index in [-0.39, 0.29) is 0 Å². The summed E-state index contributed by atoms with van der Waals surface area (Å²) in [5, 5.41) is 0. The van der Waals surface area contributed by atoms with Crippen LogP contribution in [0.1, 0.15) is 13.8 Å². The lowest BCUT2D eigenvalue weighted by Crippen LogP contribution is -1.91. The van der Waals surface area contributed by atoms with Gasteiger partial charge >= 0.3 is 0 Å². The molecule has 0 saturated heterocycles. The fourth-order valence-electron chi connectivity index (χ4n) is 0. The van der Waals surface area contributed by atoms with E-state index in [2.05, 4.69) is 59.0 Å². The Balaban J connectivity index is 2.99. The molecule has 0 aromatic rings. The van der Waals surface area contributed by atoms with Crippen LogP contribution < -0.4 is 0 Å². The third-order valence-electron chi connectivity index (χ3n) is 0.548. The molecule has 37 valence electrons. The van der Waals surface area contributed by atoms with Crippen LogP contribution in [0.4, 0.5) is 0 Å². The van der Waals surface area contributed by atoms with Crippen molar-refractivity contribution < 1.29 is 0 Å². The summed E-state index contributed by atoms with van der Waals surface area (Å²) in [6.45, 7) is 4.32. The second-order valence-electron chi connectivity index (χ2n) is 1.20. The Morgan fingerprint density at radius 3 is 1.83 bits per heavy atom. The molecular weight excluding hydrogens is 302 g/mol. The summed E-state index contributed by atoms with van der Waals surface area (Å²) in [7, 11) is 0. The van der Waals surface area contributed by atoms with Crippen molar-refractivity contribution >= 4 is 45.2 Å². The molecule has 0 rings (SSSR count). The lowest BCUT2D eigenvalue weighted by molar-refractivity contribution is 1.14. The van der Waals surface area contributed by atoms with E-state index in [4.69, 9.17) is 0 Å². The molecule has 1 radical (unpaired) electrons. The molecule has 0 fully saturated rings. The number of halogens is 2. The van der Waals surface area contributed by atoms with Gasteiger partial charge in [-0.25, -0.2) is 0 Å². The maximum absolute atomic E-state index is 2.39. The van der Waals surface area contributed by atoms with Crippen LogP contribution in [-0.2, 0) is 0 Å². The standard InChI is InChI=1S/C4H7I2/c1-3(5)4(2)6/h3H,1-2H3. The summed E-state index contributed by atoms with van der Waals surface area (Å²) < 4.78 is 2.19. The van der Waals surface area contributed by atoms with Crippen molar-refractivity contribution in [1.82, 2.24) is 0 Å². The second-order valence-corrected chi connectivity index (χ2v) is 4.77. The Labute approximate surface area is 66.4 Å². The van der Waals surface area contributed by atoms with Gasteiger partial charge in [0.2, 0.25) is 0 Å². The van der Waals surface area contributed by atoms with Crippen molar-refractivity contribution in [3.8, 4) is 0 Å². The first-order valence-corrected chi connectivity index (χ1v) is 4.10. The van der Waals surface area contributed by atoms with E-state index in [9.17, 15) is 0 Å². The number of rotatable bonds is 1. The van der Waals surface area contributed by atoms with Crippen molar-refractivity contribution in [3.05, 3.63) is 3.92 Å². The molecule has 0 aliphatic heterocycles. The smallest absolute Gasteiger partial charge is 0.0461 e. The van der Waals surface area contributed by atoms with Gasteiger partial charge in [0.15, 0.2) is 0 Å². The molecule has 0 spiro atoms. The highest BCUT2D eigenvalue weighted by molar-refractivity contribution is 14.1. The zero-order valence-electron chi connectivity index (χ0n) is 3.83. The molecule has 0 aliphatic rings. The number of hydrogen-bond acceptors (Lipinski definition) is 0. The van der Waals surface area contributed by atoms with E-state index in [0.717, 1.165) is 3.92 Å². The molecule has 0 heterocycles. The van der Waals surface area contributed by atoms with Gasteiger partial charge in [-0.1, -0.05) is 52.1 Å². The van der Waals surface area contributed by atoms with E-state index < -0.39 is 0 Å². The monoisotopic (exact) mass is 309 g/mol.